The number of nitrogens with two attached hydrogens (primary N) is 1. The summed E-state index contributed by atoms with van der Waals surface area (Å²) in [5, 5.41) is 15.8. The van der Waals surface area contributed by atoms with E-state index in [2.05, 4.69) is 16.3 Å². The summed E-state index contributed by atoms with van der Waals surface area (Å²) in [7, 11) is 0. The quantitative estimate of drug-likeness (QED) is 0.795. The van der Waals surface area contributed by atoms with Crippen molar-refractivity contribution in [2.75, 3.05) is 0 Å². The van der Waals surface area contributed by atoms with Crippen LogP contribution in [0.25, 0.3) is 11.1 Å². The molecule has 0 unspecified atom stereocenters. The van der Waals surface area contributed by atoms with Gasteiger partial charge in [-0.3, -0.25) is 5.10 Å². The molecule has 0 bridgehead atoms. The Balaban J connectivity index is 2.58. The molecule has 0 spiro atoms. The number of aryl methyl sites for hydroxylation is 1. The summed E-state index contributed by atoms with van der Waals surface area (Å²) in [5.74, 6) is 0. The molecule has 2 aromatic rings. The average molecular weight is 212 g/mol. The molecule has 1 aromatic heterocycles. The minimum Gasteiger partial charge on any atom is -0.326 e. The van der Waals surface area contributed by atoms with E-state index in [1.165, 1.54) is 0 Å². The van der Waals surface area contributed by atoms with Gasteiger partial charge in [0.05, 0.1) is 17.8 Å². The number of rotatable bonds is 2. The number of nitriles is 1. The molecular weight excluding hydrogens is 200 g/mol. The van der Waals surface area contributed by atoms with Gasteiger partial charge in [0, 0.05) is 17.8 Å². The number of nitrogens with one attached hydrogen (secondary N) is 1. The van der Waals surface area contributed by atoms with Crippen LogP contribution in [0.3, 0.4) is 0 Å². The normalized spacial score (nSPS) is 10.1. The molecule has 3 N–H and O–H groups in total. The van der Waals surface area contributed by atoms with Crippen LogP contribution in [0.4, 0.5) is 0 Å². The lowest BCUT2D eigenvalue weighted by Gasteiger charge is -2.04. The maximum absolute atomic E-state index is 8.93. The van der Waals surface area contributed by atoms with Gasteiger partial charge >= 0.3 is 0 Å². The first-order valence-electron chi connectivity index (χ1n) is 4.99. The summed E-state index contributed by atoms with van der Waals surface area (Å²) < 4.78 is 0. The fraction of sp³-hybridized carbons (Fsp3) is 0.167. The fourth-order valence-corrected chi connectivity index (χ4v) is 1.67. The summed E-state index contributed by atoms with van der Waals surface area (Å²) in [6, 6.07) is 7.77. The first-order chi connectivity index (χ1) is 7.74. The van der Waals surface area contributed by atoms with E-state index in [1.807, 2.05) is 19.1 Å². The van der Waals surface area contributed by atoms with Crippen molar-refractivity contribution < 1.29 is 0 Å². The van der Waals surface area contributed by atoms with E-state index < -0.39 is 0 Å². The van der Waals surface area contributed by atoms with Crippen molar-refractivity contribution in [3.63, 3.8) is 0 Å². The number of nitrogens with zero attached hydrogens (tertiary/aromatic N) is 2. The highest BCUT2D eigenvalue weighted by atomic mass is 15.1. The molecule has 0 fully saturated rings. The van der Waals surface area contributed by atoms with E-state index in [9.17, 15) is 0 Å². The average Bonchev–Trinajstić information content (AvgIpc) is 2.74. The van der Waals surface area contributed by atoms with Crippen molar-refractivity contribution in [2.24, 2.45) is 5.73 Å². The maximum Gasteiger partial charge on any atom is 0.0991 e. The molecule has 0 aliphatic carbocycles. The second-order valence-electron chi connectivity index (χ2n) is 3.64. The molecule has 0 saturated heterocycles. The van der Waals surface area contributed by atoms with Crippen molar-refractivity contribution in [3.8, 4) is 17.2 Å². The van der Waals surface area contributed by atoms with Crippen molar-refractivity contribution in [2.45, 2.75) is 13.5 Å². The third-order valence-electron chi connectivity index (χ3n) is 2.50. The minimum absolute atomic E-state index is 0.430. The number of hydrogen-bond donors (Lipinski definition) is 2. The maximum atomic E-state index is 8.93. The largest absolute Gasteiger partial charge is 0.326 e. The molecule has 0 saturated carbocycles. The van der Waals surface area contributed by atoms with Crippen molar-refractivity contribution in [3.05, 3.63) is 41.2 Å². The van der Waals surface area contributed by atoms with Gasteiger partial charge < -0.3 is 5.73 Å². The lowest BCUT2D eigenvalue weighted by molar-refractivity contribution is 1.05. The Kier molecular flexibility index (Phi) is 2.71. The summed E-state index contributed by atoms with van der Waals surface area (Å²) in [5.41, 5.74) is 10.1. The summed E-state index contributed by atoms with van der Waals surface area (Å²) in [6.07, 6.45) is 1.76. The smallest absolute Gasteiger partial charge is 0.0991 e. The van der Waals surface area contributed by atoms with Crippen LogP contribution in [-0.4, -0.2) is 10.2 Å². The lowest BCUT2D eigenvalue weighted by Crippen LogP contribution is -1.97. The standard InChI is InChI=1S/C12H12N4/c1-8-12(7-15-16-8)11-3-9(5-13)2-10(4-11)6-14/h2-4,7H,5,13H2,1H3,(H,15,16). The monoisotopic (exact) mass is 212 g/mol. The molecule has 0 amide bonds. The summed E-state index contributed by atoms with van der Waals surface area (Å²) >= 11 is 0. The summed E-state index contributed by atoms with van der Waals surface area (Å²) in [6.45, 7) is 2.38. The molecule has 4 heteroatoms. The molecule has 0 radical (unpaired) electrons. The predicted octanol–water partition coefficient (Wildman–Crippen LogP) is 1.72. The zero-order chi connectivity index (χ0) is 11.5. The van der Waals surface area contributed by atoms with Crippen LogP contribution in [-0.2, 0) is 6.54 Å². The van der Waals surface area contributed by atoms with Crippen LogP contribution in [0.1, 0.15) is 16.8 Å². The number of aromatic nitrogens is 2. The first kappa shape index (κ1) is 10.4. The number of benzene rings is 1. The molecule has 0 aliphatic rings. The highest BCUT2D eigenvalue weighted by Crippen LogP contribution is 2.23. The van der Waals surface area contributed by atoms with Gasteiger partial charge in [-0.15, -0.1) is 0 Å². The van der Waals surface area contributed by atoms with Gasteiger partial charge in [-0.25, -0.2) is 0 Å². The third kappa shape index (κ3) is 1.81. The first-order valence-corrected chi connectivity index (χ1v) is 4.99. The number of aromatic amines is 1. The van der Waals surface area contributed by atoms with E-state index in [0.717, 1.165) is 22.4 Å². The van der Waals surface area contributed by atoms with E-state index >= 15 is 0 Å². The zero-order valence-electron chi connectivity index (χ0n) is 8.99. The second kappa shape index (κ2) is 4.17. The van der Waals surface area contributed by atoms with E-state index in [4.69, 9.17) is 11.0 Å². The Morgan fingerprint density at radius 3 is 2.81 bits per heavy atom. The molecule has 80 valence electrons. The topological polar surface area (TPSA) is 78.5 Å². The third-order valence-corrected chi connectivity index (χ3v) is 2.50. The second-order valence-corrected chi connectivity index (χ2v) is 3.64. The van der Waals surface area contributed by atoms with Gasteiger partial charge in [0.15, 0.2) is 0 Å². The Bertz CT molecular complexity index is 548. The van der Waals surface area contributed by atoms with Crippen molar-refractivity contribution >= 4 is 0 Å². The Labute approximate surface area is 93.7 Å². The molecule has 1 heterocycles. The van der Waals surface area contributed by atoms with Crippen LogP contribution >= 0.6 is 0 Å². The predicted molar refractivity (Wildman–Crippen MR) is 61.4 cm³/mol. The van der Waals surface area contributed by atoms with E-state index in [-0.39, 0.29) is 0 Å². The fourth-order valence-electron chi connectivity index (χ4n) is 1.67. The highest BCUT2D eigenvalue weighted by molar-refractivity contribution is 5.67. The lowest BCUT2D eigenvalue weighted by atomic mass is 10.0. The Morgan fingerprint density at radius 1 is 1.44 bits per heavy atom. The Hall–Kier alpha value is -2.12. The van der Waals surface area contributed by atoms with Gasteiger partial charge in [-0.05, 0) is 36.2 Å². The minimum atomic E-state index is 0.430. The van der Waals surface area contributed by atoms with Gasteiger partial charge in [0.2, 0.25) is 0 Å². The van der Waals surface area contributed by atoms with Crippen LogP contribution in [0.5, 0.6) is 0 Å². The van der Waals surface area contributed by atoms with Gasteiger partial charge in [-0.2, -0.15) is 10.4 Å². The van der Waals surface area contributed by atoms with Crippen LogP contribution < -0.4 is 5.73 Å². The van der Waals surface area contributed by atoms with Gasteiger partial charge in [0.1, 0.15) is 0 Å². The van der Waals surface area contributed by atoms with Crippen LogP contribution in [0, 0.1) is 18.3 Å². The number of hydrogen-bond acceptors (Lipinski definition) is 3. The molecular formula is C12H12N4. The van der Waals surface area contributed by atoms with Gasteiger partial charge in [0.25, 0.3) is 0 Å². The highest BCUT2D eigenvalue weighted by Gasteiger charge is 2.06. The van der Waals surface area contributed by atoms with Crippen LogP contribution in [0.2, 0.25) is 0 Å². The van der Waals surface area contributed by atoms with E-state index in [0.29, 0.717) is 12.1 Å². The molecule has 2 rings (SSSR count). The van der Waals surface area contributed by atoms with Gasteiger partial charge in [-0.1, -0.05) is 0 Å². The number of H-pyrrole nitrogens is 1. The molecule has 4 nitrogen and oxygen atoms in total. The van der Waals surface area contributed by atoms with Crippen LogP contribution in [0.15, 0.2) is 24.4 Å². The molecule has 16 heavy (non-hydrogen) atoms. The van der Waals surface area contributed by atoms with Crippen molar-refractivity contribution in [1.82, 2.24) is 10.2 Å². The Morgan fingerprint density at radius 2 is 2.25 bits per heavy atom. The SMILES string of the molecule is Cc1[nH]ncc1-c1cc(C#N)cc(CN)c1. The van der Waals surface area contributed by atoms with Crippen molar-refractivity contribution in [1.29, 1.82) is 5.26 Å². The summed E-state index contributed by atoms with van der Waals surface area (Å²) in [4.78, 5) is 0. The molecule has 0 atom stereocenters. The molecule has 0 aliphatic heterocycles. The zero-order valence-corrected chi connectivity index (χ0v) is 8.99. The molecule has 1 aromatic carbocycles. The van der Waals surface area contributed by atoms with E-state index in [1.54, 1.807) is 12.3 Å².